The third-order valence-electron chi connectivity index (χ3n) is 3.77. The van der Waals surface area contributed by atoms with Crippen LogP contribution in [0.25, 0.3) is 17.1 Å². The molecule has 0 bridgehead atoms. The van der Waals surface area contributed by atoms with E-state index in [1.807, 2.05) is 6.07 Å². The van der Waals surface area contributed by atoms with E-state index in [2.05, 4.69) is 73.0 Å². The Morgan fingerprint density at radius 3 is 2.00 bits per heavy atom. The van der Waals surface area contributed by atoms with Gasteiger partial charge in [-0.05, 0) is 25.0 Å². The molecule has 106 valence electrons. The molecule has 0 aliphatic rings. The Hall–Kier alpha value is -2.35. The highest BCUT2D eigenvalue weighted by Gasteiger charge is 2.16. The number of aryl methyl sites for hydroxylation is 1. The van der Waals surface area contributed by atoms with Crippen LogP contribution in [-0.4, -0.2) is 9.55 Å². The average molecular weight is 276 g/mol. The van der Waals surface area contributed by atoms with E-state index in [1.54, 1.807) is 0 Å². The summed E-state index contributed by atoms with van der Waals surface area (Å²) >= 11 is 0. The molecule has 0 amide bonds. The second-order valence-electron chi connectivity index (χ2n) is 5.07. The number of hydrogen-bond acceptors (Lipinski definition) is 1. The molecule has 0 aliphatic carbocycles. The first-order valence-corrected chi connectivity index (χ1v) is 7.56. The van der Waals surface area contributed by atoms with Gasteiger partial charge in [-0.25, -0.2) is 4.98 Å². The molecule has 1 aromatic heterocycles. The summed E-state index contributed by atoms with van der Waals surface area (Å²) in [7, 11) is 0. The van der Waals surface area contributed by atoms with Gasteiger partial charge in [-0.2, -0.15) is 0 Å². The SMILES string of the molecule is CCc1nc(-c2ccccc2)n(-c2ccccc2)c1CC. The Morgan fingerprint density at radius 1 is 0.810 bits per heavy atom. The second-order valence-corrected chi connectivity index (χ2v) is 5.07. The second kappa shape index (κ2) is 5.96. The number of nitrogens with zero attached hydrogens (tertiary/aromatic N) is 2. The Balaban J connectivity index is 2.27. The van der Waals surface area contributed by atoms with Crippen LogP contribution in [0.15, 0.2) is 60.7 Å². The average Bonchev–Trinajstić information content (AvgIpc) is 2.95. The number of aromatic nitrogens is 2. The van der Waals surface area contributed by atoms with Gasteiger partial charge in [0.05, 0.1) is 5.69 Å². The lowest BCUT2D eigenvalue weighted by Crippen LogP contribution is -2.02. The van der Waals surface area contributed by atoms with Crippen molar-refractivity contribution in [2.75, 3.05) is 0 Å². The quantitative estimate of drug-likeness (QED) is 0.677. The van der Waals surface area contributed by atoms with Crippen LogP contribution in [-0.2, 0) is 12.8 Å². The molecule has 2 nitrogen and oxygen atoms in total. The fraction of sp³-hybridized carbons (Fsp3) is 0.211. The zero-order valence-corrected chi connectivity index (χ0v) is 12.6. The smallest absolute Gasteiger partial charge is 0.145 e. The molecular weight excluding hydrogens is 256 g/mol. The van der Waals surface area contributed by atoms with E-state index in [9.17, 15) is 0 Å². The van der Waals surface area contributed by atoms with Crippen molar-refractivity contribution in [3.63, 3.8) is 0 Å². The van der Waals surface area contributed by atoms with Crippen LogP contribution in [0.3, 0.4) is 0 Å². The van der Waals surface area contributed by atoms with Gasteiger partial charge in [0.25, 0.3) is 0 Å². The van der Waals surface area contributed by atoms with E-state index < -0.39 is 0 Å². The van der Waals surface area contributed by atoms with E-state index in [0.29, 0.717) is 0 Å². The summed E-state index contributed by atoms with van der Waals surface area (Å²) in [5.74, 6) is 1.04. The van der Waals surface area contributed by atoms with E-state index in [-0.39, 0.29) is 0 Å². The lowest BCUT2D eigenvalue weighted by atomic mass is 10.2. The van der Waals surface area contributed by atoms with Crippen LogP contribution in [0.1, 0.15) is 25.2 Å². The molecule has 1 heterocycles. The highest BCUT2D eigenvalue weighted by atomic mass is 15.1. The lowest BCUT2D eigenvalue weighted by Gasteiger charge is -2.11. The van der Waals surface area contributed by atoms with Crippen molar-refractivity contribution in [2.45, 2.75) is 26.7 Å². The molecule has 0 unspecified atom stereocenters. The number of imidazole rings is 1. The van der Waals surface area contributed by atoms with Crippen LogP contribution in [0.5, 0.6) is 0 Å². The van der Waals surface area contributed by atoms with Gasteiger partial charge in [0.1, 0.15) is 5.82 Å². The highest BCUT2D eigenvalue weighted by Crippen LogP contribution is 2.27. The Morgan fingerprint density at radius 2 is 1.43 bits per heavy atom. The van der Waals surface area contributed by atoms with Crippen molar-refractivity contribution in [2.24, 2.45) is 0 Å². The van der Waals surface area contributed by atoms with Crippen molar-refractivity contribution in [3.8, 4) is 17.1 Å². The minimum atomic E-state index is 0.961. The normalized spacial score (nSPS) is 10.8. The van der Waals surface area contributed by atoms with Crippen LogP contribution < -0.4 is 0 Å². The van der Waals surface area contributed by atoms with Crippen LogP contribution >= 0.6 is 0 Å². The van der Waals surface area contributed by atoms with Crippen LogP contribution in [0, 0.1) is 0 Å². The predicted octanol–water partition coefficient (Wildman–Crippen LogP) is 4.66. The van der Waals surface area contributed by atoms with Crippen LogP contribution in [0.4, 0.5) is 0 Å². The molecule has 0 fully saturated rings. The Kier molecular flexibility index (Phi) is 3.87. The molecule has 21 heavy (non-hydrogen) atoms. The number of rotatable bonds is 4. The molecule has 0 aliphatic heterocycles. The summed E-state index contributed by atoms with van der Waals surface area (Å²) in [5.41, 5.74) is 4.85. The maximum atomic E-state index is 4.91. The number of para-hydroxylation sites is 1. The molecule has 0 saturated carbocycles. The first-order chi connectivity index (χ1) is 10.3. The van der Waals surface area contributed by atoms with E-state index in [1.165, 1.54) is 17.1 Å². The van der Waals surface area contributed by atoms with Gasteiger partial charge in [-0.1, -0.05) is 62.4 Å². The fourth-order valence-electron chi connectivity index (χ4n) is 2.78. The molecule has 3 rings (SSSR count). The molecular formula is C19H20N2. The van der Waals surface area contributed by atoms with Crippen molar-refractivity contribution in [1.29, 1.82) is 0 Å². The van der Waals surface area contributed by atoms with E-state index >= 15 is 0 Å². The lowest BCUT2D eigenvalue weighted by molar-refractivity contribution is 0.912. The van der Waals surface area contributed by atoms with Gasteiger partial charge < -0.3 is 0 Å². The molecule has 2 aromatic carbocycles. The topological polar surface area (TPSA) is 17.8 Å². The number of hydrogen-bond donors (Lipinski definition) is 0. The maximum absolute atomic E-state index is 4.91. The first-order valence-electron chi connectivity index (χ1n) is 7.56. The summed E-state index contributed by atoms with van der Waals surface area (Å²) in [6.07, 6.45) is 1.95. The van der Waals surface area contributed by atoms with Crippen molar-refractivity contribution < 1.29 is 0 Å². The third-order valence-corrected chi connectivity index (χ3v) is 3.77. The summed E-state index contributed by atoms with van der Waals surface area (Å²) in [5, 5.41) is 0. The third kappa shape index (κ3) is 2.49. The summed E-state index contributed by atoms with van der Waals surface area (Å²) in [4.78, 5) is 4.91. The van der Waals surface area contributed by atoms with Gasteiger partial charge in [0, 0.05) is 16.9 Å². The van der Waals surface area contributed by atoms with Gasteiger partial charge in [0.2, 0.25) is 0 Å². The predicted molar refractivity (Wildman–Crippen MR) is 87.8 cm³/mol. The standard InChI is InChI=1S/C19H20N2/c1-3-17-18(4-2)21(16-13-9-6-10-14-16)19(20-17)15-11-7-5-8-12-15/h5-14H,3-4H2,1-2H3. The Labute approximate surface area is 126 Å². The molecule has 0 radical (unpaired) electrons. The van der Waals surface area contributed by atoms with Gasteiger partial charge in [-0.3, -0.25) is 4.57 Å². The zero-order chi connectivity index (χ0) is 14.7. The van der Waals surface area contributed by atoms with Gasteiger partial charge in [-0.15, -0.1) is 0 Å². The van der Waals surface area contributed by atoms with Crippen molar-refractivity contribution in [3.05, 3.63) is 72.1 Å². The Bertz CT molecular complexity index is 712. The van der Waals surface area contributed by atoms with Gasteiger partial charge in [0.15, 0.2) is 0 Å². The molecule has 0 atom stereocenters. The van der Waals surface area contributed by atoms with E-state index in [4.69, 9.17) is 4.98 Å². The fourth-order valence-corrected chi connectivity index (χ4v) is 2.78. The maximum Gasteiger partial charge on any atom is 0.145 e. The summed E-state index contributed by atoms with van der Waals surface area (Å²) < 4.78 is 2.30. The van der Waals surface area contributed by atoms with Crippen LogP contribution in [0.2, 0.25) is 0 Å². The van der Waals surface area contributed by atoms with Crippen molar-refractivity contribution in [1.82, 2.24) is 9.55 Å². The minimum Gasteiger partial charge on any atom is -0.297 e. The highest BCUT2D eigenvalue weighted by molar-refractivity contribution is 5.60. The first kappa shape index (κ1) is 13.6. The minimum absolute atomic E-state index is 0.961. The summed E-state index contributed by atoms with van der Waals surface area (Å²) in [6, 6.07) is 20.9. The summed E-state index contributed by atoms with van der Waals surface area (Å²) in [6.45, 7) is 4.37. The zero-order valence-electron chi connectivity index (χ0n) is 12.6. The largest absolute Gasteiger partial charge is 0.297 e. The molecule has 0 saturated heterocycles. The van der Waals surface area contributed by atoms with E-state index in [0.717, 1.165) is 24.2 Å². The van der Waals surface area contributed by atoms with Crippen molar-refractivity contribution >= 4 is 0 Å². The molecule has 3 aromatic rings. The monoisotopic (exact) mass is 276 g/mol. The molecule has 2 heteroatoms. The molecule has 0 N–H and O–H groups in total. The molecule has 0 spiro atoms. The number of benzene rings is 2. The van der Waals surface area contributed by atoms with Gasteiger partial charge >= 0.3 is 0 Å².